The molecule has 0 aliphatic carbocycles. The monoisotopic (exact) mass is 350 g/mol. The van der Waals surface area contributed by atoms with Crippen molar-refractivity contribution in [3.63, 3.8) is 0 Å². The maximum atomic E-state index is 12.1. The molecule has 0 saturated heterocycles. The Morgan fingerprint density at radius 2 is 2.00 bits per heavy atom. The zero-order valence-corrected chi connectivity index (χ0v) is 14.6. The number of hydrogen-bond acceptors (Lipinski definition) is 7. The van der Waals surface area contributed by atoms with Crippen molar-refractivity contribution in [3.8, 4) is 0 Å². The van der Waals surface area contributed by atoms with Crippen LogP contribution in [0.15, 0.2) is 37.9 Å². The van der Waals surface area contributed by atoms with Crippen molar-refractivity contribution in [3.05, 3.63) is 46.0 Å². The molecule has 0 saturated carbocycles. The fourth-order valence-electron chi connectivity index (χ4n) is 1.91. The van der Waals surface area contributed by atoms with Crippen molar-refractivity contribution in [1.29, 1.82) is 0 Å². The molecule has 3 heterocycles. The zero-order valence-electron chi connectivity index (χ0n) is 12.1. The van der Waals surface area contributed by atoms with E-state index in [-0.39, 0.29) is 5.56 Å². The maximum Gasteiger partial charge on any atom is 0.258 e. The largest absolute Gasteiger partial charge is 0.269 e. The quantitative estimate of drug-likeness (QED) is 0.658. The molecule has 0 atom stereocenters. The van der Waals surface area contributed by atoms with Crippen molar-refractivity contribution in [2.24, 2.45) is 0 Å². The van der Waals surface area contributed by atoms with Crippen molar-refractivity contribution in [2.45, 2.75) is 28.3 Å². The maximum absolute atomic E-state index is 12.1. The van der Waals surface area contributed by atoms with Gasteiger partial charge in [-0.2, -0.15) is 0 Å². The number of aryl methyl sites for hydroxylation is 1. The summed E-state index contributed by atoms with van der Waals surface area (Å²) in [5, 5.41) is 8.27. The van der Waals surface area contributed by atoms with Crippen LogP contribution in [0.1, 0.15) is 18.2 Å². The third-order valence-corrected chi connectivity index (χ3v) is 5.97. The first-order valence-electron chi connectivity index (χ1n) is 6.74. The van der Waals surface area contributed by atoms with Gasteiger partial charge in [-0.15, -0.1) is 10.2 Å². The van der Waals surface area contributed by atoms with Gasteiger partial charge in [-0.1, -0.05) is 47.9 Å². The molecule has 0 aliphatic heterocycles. The van der Waals surface area contributed by atoms with Crippen LogP contribution in [-0.4, -0.2) is 25.3 Å². The summed E-state index contributed by atoms with van der Waals surface area (Å²) in [6.07, 6.45) is 1.81. The van der Waals surface area contributed by atoms with Gasteiger partial charge in [0, 0.05) is 18.0 Å². The molecule has 3 aromatic rings. The summed E-state index contributed by atoms with van der Waals surface area (Å²) in [6.45, 7) is 4.05. The van der Waals surface area contributed by atoms with Gasteiger partial charge in [-0.3, -0.25) is 9.20 Å². The summed E-state index contributed by atoms with van der Waals surface area (Å²) in [5.74, 6) is 1.60. The second kappa shape index (κ2) is 6.80. The highest BCUT2D eigenvalue weighted by atomic mass is 32.2. The van der Waals surface area contributed by atoms with Crippen LogP contribution in [-0.2, 0) is 5.75 Å². The van der Waals surface area contributed by atoms with Crippen LogP contribution in [0.4, 0.5) is 0 Å². The highest BCUT2D eigenvalue weighted by Crippen LogP contribution is 2.30. The predicted molar refractivity (Wildman–Crippen MR) is 92.1 cm³/mol. The first-order chi connectivity index (χ1) is 10.7. The fraction of sp³-hybridized carbons (Fsp3) is 0.286. The van der Waals surface area contributed by atoms with E-state index in [0.29, 0.717) is 11.4 Å². The van der Waals surface area contributed by atoms with Crippen molar-refractivity contribution >= 4 is 40.5 Å². The minimum atomic E-state index is -0.0520. The van der Waals surface area contributed by atoms with E-state index in [1.54, 1.807) is 51.5 Å². The molecule has 5 nitrogen and oxygen atoms in total. The molecular formula is C14H14N4OS3. The Bertz CT molecular complexity index is 859. The minimum absolute atomic E-state index is 0.0520. The molecule has 0 N–H and O–H groups in total. The summed E-state index contributed by atoms with van der Waals surface area (Å²) < 4.78 is 3.46. The lowest BCUT2D eigenvalue weighted by Crippen LogP contribution is -2.15. The van der Waals surface area contributed by atoms with Crippen LogP contribution in [0, 0.1) is 6.92 Å². The molecule has 0 fully saturated rings. The Kier molecular flexibility index (Phi) is 4.80. The highest BCUT2D eigenvalue weighted by Gasteiger charge is 2.07. The molecule has 0 bridgehead atoms. The van der Waals surface area contributed by atoms with Gasteiger partial charge < -0.3 is 0 Å². The average Bonchev–Trinajstić information content (AvgIpc) is 2.94. The second-order valence-corrected chi connectivity index (χ2v) is 8.29. The normalized spacial score (nSPS) is 11.2. The number of aromatic nitrogens is 4. The Morgan fingerprint density at radius 1 is 1.23 bits per heavy atom. The van der Waals surface area contributed by atoms with Gasteiger partial charge in [0.15, 0.2) is 8.68 Å². The molecule has 0 unspecified atom stereocenters. The van der Waals surface area contributed by atoms with E-state index in [2.05, 4.69) is 22.1 Å². The molecular weight excluding hydrogens is 336 g/mol. The summed E-state index contributed by atoms with van der Waals surface area (Å²) in [6, 6.07) is 5.41. The second-order valence-electron chi connectivity index (χ2n) is 4.58. The van der Waals surface area contributed by atoms with Crippen LogP contribution < -0.4 is 5.56 Å². The van der Waals surface area contributed by atoms with Gasteiger partial charge in [-0.05, 0) is 24.3 Å². The van der Waals surface area contributed by atoms with E-state index >= 15 is 0 Å². The van der Waals surface area contributed by atoms with E-state index in [1.807, 2.05) is 19.1 Å². The molecule has 0 amide bonds. The minimum Gasteiger partial charge on any atom is -0.269 e. The van der Waals surface area contributed by atoms with Crippen LogP contribution in [0.3, 0.4) is 0 Å². The Balaban J connectivity index is 1.78. The van der Waals surface area contributed by atoms with Crippen LogP contribution >= 0.6 is 34.9 Å². The summed E-state index contributed by atoms with van der Waals surface area (Å²) in [4.78, 5) is 16.7. The van der Waals surface area contributed by atoms with Crippen molar-refractivity contribution in [1.82, 2.24) is 19.6 Å². The lowest BCUT2D eigenvalue weighted by molar-refractivity contribution is 0.953. The molecule has 3 rings (SSSR count). The lowest BCUT2D eigenvalue weighted by atomic mass is 10.3. The average molecular weight is 350 g/mol. The Labute approximate surface area is 140 Å². The van der Waals surface area contributed by atoms with Gasteiger partial charge in [0.1, 0.15) is 5.65 Å². The van der Waals surface area contributed by atoms with Crippen LogP contribution in [0.5, 0.6) is 0 Å². The van der Waals surface area contributed by atoms with Gasteiger partial charge in [0.05, 0.1) is 5.69 Å². The highest BCUT2D eigenvalue weighted by molar-refractivity contribution is 8.02. The van der Waals surface area contributed by atoms with E-state index in [0.717, 1.165) is 25.7 Å². The lowest BCUT2D eigenvalue weighted by Gasteiger charge is -2.03. The first kappa shape index (κ1) is 15.5. The Hall–Kier alpha value is -1.38. The van der Waals surface area contributed by atoms with Crippen molar-refractivity contribution in [2.75, 3.05) is 5.75 Å². The standard InChI is InChI=1S/C14H14N4OS3/c1-3-20-13-16-17-14(22-13)21-8-10-6-12(19)18-7-9(2)4-5-11(18)15-10/h4-7H,3,8H2,1-2H3. The molecule has 0 radical (unpaired) electrons. The van der Waals surface area contributed by atoms with Gasteiger partial charge in [-0.25, -0.2) is 4.98 Å². The van der Waals surface area contributed by atoms with E-state index in [1.165, 1.54) is 0 Å². The third-order valence-electron chi connectivity index (χ3n) is 2.86. The molecule has 0 aromatic carbocycles. The molecule has 8 heteroatoms. The molecule has 114 valence electrons. The van der Waals surface area contributed by atoms with Crippen molar-refractivity contribution < 1.29 is 0 Å². The number of nitrogens with zero attached hydrogens (tertiary/aromatic N) is 4. The SMILES string of the molecule is CCSc1nnc(SCc2cc(=O)n3cc(C)ccc3n2)s1. The van der Waals surface area contributed by atoms with Gasteiger partial charge in [0.25, 0.3) is 5.56 Å². The van der Waals surface area contributed by atoms with Crippen LogP contribution in [0.25, 0.3) is 5.65 Å². The predicted octanol–water partition coefficient (Wildman–Crippen LogP) is 3.26. The summed E-state index contributed by atoms with van der Waals surface area (Å²) in [5.41, 5.74) is 2.42. The zero-order chi connectivity index (χ0) is 15.5. The number of fused-ring (bicyclic) bond motifs is 1. The molecule has 0 aliphatic rings. The third kappa shape index (κ3) is 3.50. The number of thioether (sulfide) groups is 2. The summed E-state index contributed by atoms with van der Waals surface area (Å²) in [7, 11) is 0. The number of hydrogen-bond donors (Lipinski definition) is 0. The molecule has 3 aromatic heterocycles. The van der Waals surface area contributed by atoms with E-state index in [4.69, 9.17) is 0 Å². The number of pyridine rings is 1. The van der Waals surface area contributed by atoms with Gasteiger partial charge >= 0.3 is 0 Å². The smallest absolute Gasteiger partial charge is 0.258 e. The fourth-order valence-corrected chi connectivity index (χ4v) is 4.71. The van der Waals surface area contributed by atoms with Gasteiger partial charge in [0.2, 0.25) is 0 Å². The topological polar surface area (TPSA) is 60.2 Å². The van der Waals surface area contributed by atoms with E-state index in [9.17, 15) is 4.79 Å². The first-order valence-corrected chi connectivity index (χ1v) is 9.52. The van der Waals surface area contributed by atoms with Crippen LogP contribution in [0.2, 0.25) is 0 Å². The number of rotatable bonds is 5. The summed E-state index contributed by atoms with van der Waals surface area (Å²) >= 11 is 4.83. The van der Waals surface area contributed by atoms with E-state index < -0.39 is 0 Å². The Morgan fingerprint density at radius 3 is 2.77 bits per heavy atom. The molecule has 22 heavy (non-hydrogen) atoms. The molecule has 0 spiro atoms.